The zero-order chi connectivity index (χ0) is 16.9. The Labute approximate surface area is 145 Å². The first-order valence-electron chi connectivity index (χ1n) is 7.65. The van der Waals surface area contributed by atoms with E-state index in [0.717, 1.165) is 27.6 Å². The highest BCUT2D eigenvalue weighted by Crippen LogP contribution is 2.25. The Morgan fingerprint density at radius 1 is 1.12 bits per heavy atom. The van der Waals surface area contributed by atoms with E-state index in [2.05, 4.69) is 10.3 Å². The molecule has 0 fully saturated rings. The van der Waals surface area contributed by atoms with Gasteiger partial charge in [-0.1, -0.05) is 41.9 Å². The normalized spacial score (nSPS) is 10.8. The summed E-state index contributed by atoms with van der Waals surface area (Å²) in [7, 11) is 0. The molecule has 4 nitrogen and oxygen atoms in total. The maximum atomic E-state index is 12.2. The Kier molecular flexibility index (Phi) is 5.08. The lowest BCUT2D eigenvalue weighted by Gasteiger charge is -2.09. The molecule has 3 rings (SSSR count). The quantitative estimate of drug-likeness (QED) is 0.749. The lowest BCUT2D eigenvalue weighted by molar-refractivity contribution is -0.120. The summed E-state index contributed by atoms with van der Waals surface area (Å²) < 4.78 is 0. The highest BCUT2D eigenvalue weighted by Gasteiger charge is 2.10. The van der Waals surface area contributed by atoms with Gasteiger partial charge in [-0.2, -0.15) is 0 Å². The van der Waals surface area contributed by atoms with Gasteiger partial charge in [0, 0.05) is 23.2 Å². The maximum absolute atomic E-state index is 12.2. The SMILES string of the molecule is O=C(Cc1ccc(Cl)c2cccnc12)NCc1cccc(CO)c1. The van der Waals surface area contributed by atoms with Crippen LogP contribution in [0.3, 0.4) is 0 Å². The van der Waals surface area contributed by atoms with Crippen LogP contribution in [0.25, 0.3) is 10.9 Å². The molecular formula is C19H17ClN2O2. The molecule has 0 saturated heterocycles. The maximum Gasteiger partial charge on any atom is 0.224 e. The summed E-state index contributed by atoms with van der Waals surface area (Å²) in [5.41, 5.74) is 3.38. The van der Waals surface area contributed by atoms with Crippen molar-refractivity contribution < 1.29 is 9.90 Å². The van der Waals surface area contributed by atoms with Gasteiger partial charge in [0.25, 0.3) is 0 Å². The summed E-state index contributed by atoms with van der Waals surface area (Å²) in [4.78, 5) is 16.6. The van der Waals surface area contributed by atoms with E-state index >= 15 is 0 Å². The Balaban J connectivity index is 1.70. The number of rotatable bonds is 5. The summed E-state index contributed by atoms with van der Waals surface area (Å²) in [6, 6.07) is 14.8. The molecule has 1 aromatic heterocycles. The third kappa shape index (κ3) is 3.72. The fraction of sp³-hybridized carbons (Fsp3) is 0.158. The molecular weight excluding hydrogens is 324 g/mol. The summed E-state index contributed by atoms with van der Waals surface area (Å²) in [6.45, 7) is 0.413. The minimum atomic E-state index is -0.0846. The Morgan fingerprint density at radius 2 is 1.96 bits per heavy atom. The van der Waals surface area contributed by atoms with E-state index in [1.165, 1.54) is 0 Å². The predicted molar refractivity (Wildman–Crippen MR) is 94.7 cm³/mol. The van der Waals surface area contributed by atoms with Crippen molar-refractivity contribution in [2.75, 3.05) is 0 Å². The number of aromatic nitrogens is 1. The fourth-order valence-corrected chi connectivity index (χ4v) is 2.83. The summed E-state index contributed by atoms with van der Waals surface area (Å²) in [5.74, 6) is -0.0846. The zero-order valence-corrected chi connectivity index (χ0v) is 13.8. The van der Waals surface area contributed by atoms with Crippen LogP contribution in [-0.4, -0.2) is 16.0 Å². The van der Waals surface area contributed by atoms with Gasteiger partial charge in [-0.3, -0.25) is 9.78 Å². The van der Waals surface area contributed by atoms with Crippen molar-refractivity contribution in [3.05, 3.63) is 76.4 Å². The molecule has 0 aliphatic heterocycles. The third-order valence-corrected chi connectivity index (χ3v) is 4.14. The predicted octanol–water partition coefficient (Wildman–Crippen LogP) is 3.24. The molecule has 0 aliphatic carbocycles. The molecule has 2 aromatic carbocycles. The number of carbonyl (C=O) groups excluding carboxylic acids is 1. The Bertz CT molecular complexity index is 880. The minimum Gasteiger partial charge on any atom is -0.392 e. The monoisotopic (exact) mass is 340 g/mol. The first-order chi connectivity index (χ1) is 11.7. The summed E-state index contributed by atoms with van der Waals surface area (Å²) >= 11 is 6.17. The van der Waals surface area contributed by atoms with E-state index < -0.39 is 0 Å². The van der Waals surface area contributed by atoms with Gasteiger partial charge < -0.3 is 10.4 Å². The average Bonchev–Trinajstić information content (AvgIpc) is 2.63. The average molecular weight is 341 g/mol. The summed E-state index contributed by atoms with van der Waals surface area (Å²) in [5, 5.41) is 13.5. The molecule has 0 radical (unpaired) electrons. The molecule has 0 unspecified atom stereocenters. The van der Waals surface area contributed by atoms with E-state index in [1.807, 2.05) is 42.5 Å². The van der Waals surface area contributed by atoms with Crippen LogP contribution in [0.4, 0.5) is 0 Å². The smallest absolute Gasteiger partial charge is 0.224 e. The number of nitrogens with one attached hydrogen (secondary N) is 1. The molecule has 2 N–H and O–H groups in total. The van der Waals surface area contributed by atoms with E-state index in [0.29, 0.717) is 11.6 Å². The van der Waals surface area contributed by atoms with E-state index in [9.17, 15) is 4.79 Å². The number of fused-ring (bicyclic) bond motifs is 1. The molecule has 1 heterocycles. The van der Waals surface area contributed by atoms with Crippen LogP contribution in [0.15, 0.2) is 54.7 Å². The van der Waals surface area contributed by atoms with Gasteiger partial charge in [0.1, 0.15) is 0 Å². The van der Waals surface area contributed by atoms with Gasteiger partial charge >= 0.3 is 0 Å². The van der Waals surface area contributed by atoms with Gasteiger partial charge in [-0.05, 0) is 34.9 Å². The zero-order valence-electron chi connectivity index (χ0n) is 13.0. The highest BCUT2D eigenvalue weighted by molar-refractivity contribution is 6.35. The van der Waals surface area contributed by atoms with Crippen molar-refractivity contribution in [1.29, 1.82) is 0 Å². The highest BCUT2D eigenvalue weighted by atomic mass is 35.5. The van der Waals surface area contributed by atoms with Crippen molar-refractivity contribution in [2.45, 2.75) is 19.6 Å². The molecule has 24 heavy (non-hydrogen) atoms. The lowest BCUT2D eigenvalue weighted by Crippen LogP contribution is -2.24. The summed E-state index contributed by atoms with van der Waals surface area (Å²) in [6.07, 6.45) is 1.94. The molecule has 0 atom stereocenters. The number of nitrogens with zero attached hydrogens (tertiary/aromatic N) is 1. The number of halogens is 1. The molecule has 1 amide bonds. The first kappa shape index (κ1) is 16.4. The van der Waals surface area contributed by atoms with Gasteiger partial charge in [0.2, 0.25) is 5.91 Å². The number of aliphatic hydroxyl groups is 1. The second-order valence-corrected chi connectivity index (χ2v) is 5.94. The molecule has 0 aliphatic rings. The number of hydrogen-bond donors (Lipinski definition) is 2. The fourth-order valence-electron chi connectivity index (χ4n) is 2.61. The molecule has 3 aromatic rings. The van der Waals surface area contributed by atoms with Crippen LogP contribution in [-0.2, 0) is 24.4 Å². The number of pyridine rings is 1. The van der Waals surface area contributed by atoms with Crippen molar-refractivity contribution in [1.82, 2.24) is 10.3 Å². The van der Waals surface area contributed by atoms with Crippen molar-refractivity contribution in [3.8, 4) is 0 Å². The molecule has 0 saturated carbocycles. The van der Waals surface area contributed by atoms with Crippen molar-refractivity contribution in [3.63, 3.8) is 0 Å². The van der Waals surface area contributed by atoms with E-state index in [1.54, 1.807) is 12.3 Å². The molecule has 5 heteroatoms. The standard InChI is InChI=1S/C19H17ClN2O2/c20-17-7-6-15(19-16(17)5-2-8-21-19)10-18(24)22-11-13-3-1-4-14(9-13)12-23/h1-9,23H,10-12H2,(H,22,24). The van der Waals surface area contributed by atoms with Crippen LogP contribution in [0.5, 0.6) is 0 Å². The largest absolute Gasteiger partial charge is 0.392 e. The Morgan fingerprint density at radius 3 is 2.79 bits per heavy atom. The number of hydrogen-bond acceptors (Lipinski definition) is 3. The van der Waals surface area contributed by atoms with E-state index in [-0.39, 0.29) is 18.9 Å². The number of benzene rings is 2. The molecule has 122 valence electrons. The second kappa shape index (κ2) is 7.43. The topological polar surface area (TPSA) is 62.2 Å². The molecule has 0 spiro atoms. The number of carbonyl (C=O) groups is 1. The van der Waals surface area contributed by atoms with Crippen LogP contribution < -0.4 is 5.32 Å². The first-order valence-corrected chi connectivity index (χ1v) is 8.02. The number of amides is 1. The second-order valence-electron chi connectivity index (χ2n) is 5.54. The van der Waals surface area contributed by atoms with Gasteiger partial charge in [-0.25, -0.2) is 0 Å². The minimum absolute atomic E-state index is 0.00970. The van der Waals surface area contributed by atoms with Gasteiger partial charge in [0.15, 0.2) is 0 Å². The molecule has 0 bridgehead atoms. The van der Waals surface area contributed by atoms with Crippen molar-refractivity contribution in [2.24, 2.45) is 0 Å². The van der Waals surface area contributed by atoms with Crippen LogP contribution in [0, 0.1) is 0 Å². The van der Waals surface area contributed by atoms with Crippen LogP contribution in [0.1, 0.15) is 16.7 Å². The third-order valence-electron chi connectivity index (χ3n) is 3.81. The number of aliphatic hydroxyl groups excluding tert-OH is 1. The van der Waals surface area contributed by atoms with Gasteiger partial charge in [0.05, 0.1) is 18.5 Å². The Hall–Kier alpha value is -2.43. The van der Waals surface area contributed by atoms with Crippen LogP contribution in [0.2, 0.25) is 5.02 Å². The van der Waals surface area contributed by atoms with Crippen molar-refractivity contribution >= 4 is 28.4 Å². The van der Waals surface area contributed by atoms with E-state index in [4.69, 9.17) is 16.7 Å². The van der Waals surface area contributed by atoms with Crippen LogP contribution >= 0.6 is 11.6 Å². The lowest BCUT2D eigenvalue weighted by atomic mass is 10.1. The van der Waals surface area contributed by atoms with Gasteiger partial charge in [-0.15, -0.1) is 0 Å².